The summed E-state index contributed by atoms with van der Waals surface area (Å²) < 4.78 is 7.03. The molecule has 17 heavy (non-hydrogen) atoms. The summed E-state index contributed by atoms with van der Waals surface area (Å²) >= 11 is 1.59. The molecule has 3 aromatic heterocycles. The lowest BCUT2D eigenvalue weighted by atomic mass is 10.4. The van der Waals surface area contributed by atoms with Crippen molar-refractivity contribution in [2.75, 3.05) is 0 Å². The van der Waals surface area contributed by atoms with Gasteiger partial charge in [0.25, 0.3) is 0 Å². The highest BCUT2D eigenvalue weighted by molar-refractivity contribution is 7.13. The van der Waals surface area contributed by atoms with Crippen LogP contribution in [0.25, 0.3) is 10.7 Å². The topological polar surface area (TPSA) is 56.7 Å². The van der Waals surface area contributed by atoms with Gasteiger partial charge in [-0.2, -0.15) is 10.1 Å². The highest BCUT2D eigenvalue weighted by Crippen LogP contribution is 2.21. The largest absolute Gasteiger partial charge is 0.337 e. The Morgan fingerprint density at radius 2 is 2.35 bits per heavy atom. The lowest BCUT2D eigenvalue weighted by Crippen LogP contribution is -2.03. The number of aromatic nitrogens is 4. The van der Waals surface area contributed by atoms with E-state index < -0.39 is 0 Å². The van der Waals surface area contributed by atoms with Crippen LogP contribution >= 0.6 is 11.3 Å². The van der Waals surface area contributed by atoms with Gasteiger partial charge in [-0.25, -0.2) is 0 Å². The molecule has 3 aromatic rings. The van der Waals surface area contributed by atoms with Gasteiger partial charge in [0.1, 0.15) is 6.54 Å². The van der Waals surface area contributed by atoms with Gasteiger partial charge < -0.3 is 4.52 Å². The van der Waals surface area contributed by atoms with Crippen LogP contribution in [0.1, 0.15) is 11.6 Å². The lowest BCUT2D eigenvalue weighted by molar-refractivity contribution is 0.365. The van der Waals surface area contributed by atoms with Gasteiger partial charge in [-0.05, 0) is 24.4 Å². The first-order valence-electron chi connectivity index (χ1n) is 5.18. The molecule has 0 aliphatic carbocycles. The minimum atomic E-state index is 0.511. The van der Waals surface area contributed by atoms with Gasteiger partial charge in [0.2, 0.25) is 11.7 Å². The van der Waals surface area contributed by atoms with Crippen LogP contribution in [0.3, 0.4) is 0 Å². The zero-order valence-corrected chi connectivity index (χ0v) is 10.0. The molecule has 5 nitrogen and oxygen atoms in total. The SMILES string of the molecule is Cc1ccnn1Cc1nc(-c2cccs2)no1. The predicted molar refractivity (Wildman–Crippen MR) is 63.7 cm³/mol. The van der Waals surface area contributed by atoms with Crippen molar-refractivity contribution in [1.82, 2.24) is 19.9 Å². The number of hydrogen-bond acceptors (Lipinski definition) is 5. The second-order valence-electron chi connectivity index (χ2n) is 3.62. The Bertz CT molecular complexity index is 611. The third-order valence-corrected chi connectivity index (χ3v) is 3.29. The fourth-order valence-corrected chi connectivity index (χ4v) is 2.17. The molecule has 0 N–H and O–H groups in total. The van der Waals surface area contributed by atoms with Gasteiger partial charge in [0.05, 0.1) is 4.88 Å². The molecule has 0 fully saturated rings. The molecule has 0 radical (unpaired) electrons. The van der Waals surface area contributed by atoms with E-state index in [0.29, 0.717) is 18.3 Å². The molecule has 0 aliphatic rings. The second kappa shape index (κ2) is 4.14. The molecule has 0 aliphatic heterocycles. The smallest absolute Gasteiger partial charge is 0.248 e. The summed E-state index contributed by atoms with van der Waals surface area (Å²) in [4.78, 5) is 5.35. The van der Waals surface area contributed by atoms with Crippen molar-refractivity contribution in [3.8, 4) is 10.7 Å². The average molecular weight is 246 g/mol. The molecule has 0 bridgehead atoms. The average Bonchev–Trinajstić information content (AvgIpc) is 3.02. The van der Waals surface area contributed by atoms with Crippen molar-refractivity contribution in [3.05, 3.63) is 41.4 Å². The molecule has 0 amide bonds. The van der Waals surface area contributed by atoms with Crippen LogP contribution in [0.15, 0.2) is 34.3 Å². The number of hydrogen-bond donors (Lipinski definition) is 0. The Kier molecular flexibility index (Phi) is 2.49. The van der Waals surface area contributed by atoms with Crippen LogP contribution in [0.2, 0.25) is 0 Å². The van der Waals surface area contributed by atoms with E-state index in [0.717, 1.165) is 10.6 Å². The summed E-state index contributed by atoms with van der Waals surface area (Å²) in [5, 5.41) is 10.1. The Hall–Kier alpha value is -1.95. The first-order chi connectivity index (χ1) is 8.33. The normalized spacial score (nSPS) is 10.9. The molecule has 0 saturated heterocycles. The second-order valence-corrected chi connectivity index (χ2v) is 4.57. The van der Waals surface area contributed by atoms with Gasteiger partial charge in [-0.1, -0.05) is 11.2 Å². The van der Waals surface area contributed by atoms with Gasteiger partial charge >= 0.3 is 0 Å². The minimum absolute atomic E-state index is 0.511. The number of rotatable bonds is 3. The molecule has 0 unspecified atom stereocenters. The molecule has 0 saturated carbocycles. The predicted octanol–water partition coefficient (Wildman–Crippen LogP) is 2.35. The fourth-order valence-electron chi connectivity index (χ4n) is 1.52. The maximum atomic E-state index is 5.20. The zero-order valence-electron chi connectivity index (χ0n) is 9.20. The molecule has 0 atom stereocenters. The van der Waals surface area contributed by atoms with Gasteiger partial charge in [-0.3, -0.25) is 4.68 Å². The summed E-state index contributed by atoms with van der Waals surface area (Å²) in [6, 6.07) is 5.88. The monoisotopic (exact) mass is 246 g/mol. The summed E-state index contributed by atoms with van der Waals surface area (Å²) in [5.41, 5.74) is 1.07. The van der Waals surface area contributed by atoms with Crippen molar-refractivity contribution in [3.63, 3.8) is 0 Å². The van der Waals surface area contributed by atoms with E-state index in [9.17, 15) is 0 Å². The first-order valence-corrected chi connectivity index (χ1v) is 6.06. The van der Waals surface area contributed by atoms with E-state index in [1.165, 1.54) is 0 Å². The van der Waals surface area contributed by atoms with E-state index in [2.05, 4.69) is 15.2 Å². The van der Waals surface area contributed by atoms with E-state index in [4.69, 9.17) is 4.52 Å². The van der Waals surface area contributed by atoms with E-state index in [-0.39, 0.29) is 0 Å². The lowest BCUT2D eigenvalue weighted by Gasteiger charge is -1.98. The zero-order chi connectivity index (χ0) is 11.7. The van der Waals surface area contributed by atoms with Crippen molar-refractivity contribution in [1.29, 1.82) is 0 Å². The number of aryl methyl sites for hydroxylation is 1. The third-order valence-electron chi connectivity index (χ3n) is 2.42. The molecule has 0 aromatic carbocycles. The molecule has 6 heteroatoms. The summed E-state index contributed by atoms with van der Waals surface area (Å²) in [5.74, 6) is 1.21. The number of thiophene rings is 1. The standard InChI is InChI=1S/C11H10N4OS/c1-8-4-5-12-15(8)7-10-13-11(14-16-10)9-3-2-6-17-9/h2-6H,7H2,1H3. The fraction of sp³-hybridized carbons (Fsp3) is 0.182. The van der Waals surface area contributed by atoms with Gasteiger partial charge in [0, 0.05) is 11.9 Å². The quantitative estimate of drug-likeness (QED) is 0.711. The van der Waals surface area contributed by atoms with Crippen LogP contribution in [0.5, 0.6) is 0 Å². The maximum Gasteiger partial charge on any atom is 0.248 e. The van der Waals surface area contributed by atoms with E-state index in [1.54, 1.807) is 17.5 Å². The summed E-state index contributed by atoms with van der Waals surface area (Å²) in [7, 11) is 0. The van der Waals surface area contributed by atoms with Crippen LogP contribution in [0, 0.1) is 6.92 Å². The molecular formula is C11H10N4OS. The van der Waals surface area contributed by atoms with E-state index >= 15 is 0 Å². The maximum absolute atomic E-state index is 5.20. The van der Waals surface area contributed by atoms with Crippen molar-refractivity contribution < 1.29 is 4.52 Å². The van der Waals surface area contributed by atoms with Gasteiger partial charge in [-0.15, -0.1) is 11.3 Å². The van der Waals surface area contributed by atoms with Crippen molar-refractivity contribution in [2.45, 2.75) is 13.5 Å². The third kappa shape index (κ3) is 1.99. The van der Waals surface area contributed by atoms with Crippen LogP contribution in [-0.4, -0.2) is 19.9 Å². The van der Waals surface area contributed by atoms with E-state index in [1.807, 2.05) is 35.2 Å². The van der Waals surface area contributed by atoms with Crippen LogP contribution in [-0.2, 0) is 6.54 Å². The van der Waals surface area contributed by atoms with Crippen LogP contribution < -0.4 is 0 Å². The molecule has 0 spiro atoms. The number of nitrogens with zero attached hydrogens (tertiary/aromatic N) is 4. The van der Waals surface area contributed by atoms with Crippen molar-refractivity contribution in [2.24, 2.45) is 0 Å². The summed E-state index contributed by atoms with van der Waals surface area (Å²) in [6.07, 6.45) is 1.76. The van der Waals surface area contributed by atoms with Crippen LogP contribution in [0.4, 0.5) is 0 Å². The van der Waals surface area contributed by atoms with Gasteiger partial charge in [0.15, 0.2) is 0 Å². The molecular weight excluding hydrogens is 236 g/mol. The highest BCUT2D eigenvalue weighted by atomic mass is 32.1. The Balaban J connectivity index is 1.84. The van der Waals surface area contributed by atoms with Crippen molar-refractivity contribution >= 4 is 11.3 Å². The highest BCUT2D eigenvalue weighted by Gasteiger charge is 2.10. The summed E-state index contributed by atoms with van der Waals surface area (Å²) in [6.45, 7) is 2.50. The minimum Gasteiger partial charge on any atom is -0.337 e. The Morgan fingerprint density at radius 1 is 1.41 bits per heavy atom. The molecule has 86 valence electrons. The Labute approximate surface area is 102 Å². The molecule has 3 heterocycles. The Morgan fingerprint density at radius 3 is 3.06 bits per heavy atom. The first kappa shape index (κ1) is 10.2. The molecule has 3 rings (SSSR count).